The molecule has 3 rings (SSSR count). The number of fused-ring (bicyclic) bond motifs is 1. The van der Waals surface area contributed by atoms with Crippen LogP contribution in [0, 0.1) is 11.3 Å². The number of hydrogen-bond donors (Lipinski definition) is 1. The first-order valence-corrected chi connectivity index (χ1v) is 9.46. The molecule has 0 fully saturated rings. The van der Waals surface area contributed by atoms with Gasteiger partial charge in [-0.1, -0.05) is 15.9 Å². The van der Waals surface area contributed by atoms with Crippen molar-refractivity contribution in [1.29, 1.82) is 5.26 Å². The fraction of sp³-hybridized carbons (Fsp3) is 0.333. The molecule has 2 heterocycles. The Labute approximate surface area is 154 Å². The van der Waals surface area contributed by atoms with Crippen LogP contribution in [0.2, 0.25) is 0 Å². The largest absolute Gasteiger partial charge is 0.312 e. The van der Waals surface area contributed by atoms with Crippen molar-refractivity contribution < 1.29 is 4.79 Å². The van der Waals surface area contributed by atoms with Crippen LogP contribution in [-0.4, -0.2) is 23.4 Å². The SMILES string of the molecule is CC(C)N1CCc2c(sc(NC(=O)c3ccc(Br)cc3)c2C#N)C1. The minimum Gasteiger partial charge on any atom is -0.312 e. The lowest BCUT2D eigenvalue weighted by molar-refractivity contribution is 0.102. The maximum Gasteiger partial charge on any atom is 0.256 e. The van der Waals surface area contributed by atoms with E-state index >= 15 is 0 Å². The molecule has 6 heteroatoms. The predicted molar refractivity (Wildman–Crippen MR) is 100 cm³/mol. The van der Waals surface area contributed by atoms with Crippen LogP contribution < -0.4 is 5.32 Å². The summed E-state index contributed by atoms with van der Waals surface area (Å²) in [6.07, 6.45) is 0.862. The summed E-state index contributed by atoms with van der Waals surface area (Å²) < 4.78 is 0.928. The van der Waals surface area contributed by atoms with Crippen molar-refractivity contribution in [3.8, 4) is 6.07 Å². The monoisotopic (exact) mass is 403 g/mol. The summed E-state index contributed by atoms with van der Waals surface area (Å²) in [7, 11) is 0. The molecule has 1 aliphatic heterocycles. The number of benzene rings is 1. The molecule has 1 aromatic heterocycles. The Morgan fingerprint density at radius 1 is 1.38 bits per heavy atom. The van der Waals surface area contributed by atoms with Crippen molar-refractivity contribution in [3.05, 3.63) is 50.3 Å². The van der Waals surface area contributed by atoms with Crippen LogP contribution >= 0.6 is 27.3 Å². The molecule has 0 saturated heterocycles. The summed E-state index contributed by atoms with van der Waals surface area (Å²) in [5, 5.41) is 13.1. The highest BCUT2D eigenvalue weighted by molar-refractivity contribution is 9.10. The molecule has 0 atom stereocenters. The van der Waals surface area contributed by atoms with Crippen molar-refractivity contribution in [3.63, 3.8) is 0 Å². The van der Waals surface area contributed by atoms with Crippen molar-refractivity contribution in [1.82, 2.24) is 4.90 Å². The number of thiophene rings is 1. The van der Waals surface area contributed by atoms with Crippen LogP contribution in [0.1, 0.15) is 40.2 Å². The quantitative estimate of drug-likeness (QED) is 0.825. The molecule has 1 aliphatic rings. The van der Waals surface area contributed by atoms with E-state index in [1.807, 2.05) is 12.1 Å². The molecule has 0 saturated carbocycles. The van der Waals surface area contributed by atoms with Gasteiger partial charge in [-0.05, 0) is 50.1 Å². The molecule has 0 unspecified atom stereocenters. The van der Waals surface area contributed by atoms with Gasteiger partial charge >= 0.3 is 0 Å². The number of halogens is 1. The minimum atomic E-state index is -0.182. The zero-order valence-electron chi connectivity index (χ0n) is 13.6. The molecule has 0 spiro atoms. The zero-order valence-corrected chi connectivity index (χ0v) is 16.0. The van der Waals surface area contributed by atoms with Gasteiger partial charge in [-0.15, -0.1) is 11.3 Å². The normalized spacial score (nSPS) is 14.3. The molecule has 124 valence electrons. The van der Waals surface area contributed by atoms with Crippen molar-refractivity contribution in [2.75, 3.05) is 11.9 Å². The fourth-order valence-corrected chi connectivity index (χ4v) is 4.33. The second-order valence-electron chi connectivity index (χ2n) is 6.09. The average Bonchev–Trinajstić information content (AvgIpc) is 2.91. The number of anilines is 1. The Bertz CT molecular complexity index is 805. The first kappa shape index (κ1) is 17.2. The number of nitrogens with zero attached hydrogens (tertiary/aromatic N) is 2. The molecular formula is C18H18BrN3OS. The highest BCUT2D eigenvalue weighted by atomic mass is 79.9. The smallest absolute Gasteiger partial charge is 0.256 e. The van der Waals surface area contributed by atoms with E-state index in [2.05, 4.69) is 46.1 Å². The van der Waals surface area contributed by atoms with Gasteiger partial charge in [0.05, 0.1) is 5.56 Å². The molecule has 0 radical (unpaired) electrons. The van der Waals surface area contributed by atoms with Gasteiger partial charge in [-0.2, -0.15) is 5.26 Å². The fourth-order valence-electron chi connectivity index (χ4n) is 2.85. The maximum atomic E-state index is 12.4. The second-order valence-corrected chi connectivity index (χ2v) is 8.12. The molecule has 0 aliphatic carbocycles. The summed E-state index contributed by atoms with van der Waals surface area (Å²) in [6.45, 7) is 6.16. The lowest BCUT2D eigenvalue weighted by Gasteiger charge is -2.30. The Kier molecular flexibility index (Phi) is 5.04. The number of nitrogens with one attached hydrogen (secondary N) is 1. The summed E-state index contributed by atoms with van der Waals surface area (Å²) in [6, 6.07) is 9.96. The number of hydrogen-bond acceptors (Lipinski definition) is 4. The predicted octanol–water partition coefficient (Wildman–Crippen LogP) is 4.40. The van der Waals surface area contributed by atoms with Crippen molar-refractivity contribution >= 4 is 38.2 Å². The third-order valence-corrected chi connectivity index (χ3v) is 5.92. The number of nitriles is 1. The molecule has 1 aromatic carbocycles. The highest BCUT2D eigenvalue weighted by Gasteiger charge is 2.26. The average molecular weight is 404 g/mol. The van der Waals surface area contributed by atoms with Gasteiger partial charge in [-0.25, -0.2) is 0 Å². The van der Waals surface area contributed by atoms with E-state index in [0.717, 1.165) is 29.5 Å². The van der Waals surface area contributed by atoms with Gasteiger partial charge in [0, 0.05) is 34.0 Å². The second kappa shape index (κ2) is 7.06. The molecule has 1 amide bonds. The van der Waals surface area contributed by atoms with E-state index in [0.29, 0.717) is 22.2 Å². The van der Waals surface area contributed by atoms with E-state index in [1.165, 1.54) is 16.2 Å². The zero-order chi connectivity index (χ0) is 17.3. The van der Waals surface area contributed by atoms with E-state index in [9.17, 15) is 10.1 Å². The molecule has 1 N–H and O–H groups in total. The molecule has 2 aromatic rings. The van der Waals surface area contributed by atoms with Crippen LogP contribution in [0.5, 0.6) is 0 Å². The Hall–Kier alpha value is -1.68. The topological polar surface area (TPSA) is 56.1 Å². The Balaban J connectivity index is 1.85. The Morgan fingerprint density at radius 3 is 2.71 bits per heavy atom. The molecule has 24 heavy (non-hydrogen) atoms. The summed E-state index contributed by atoms with van der Waals surface area (Å²) in [4.78, 5) is 16.0. The Morgan fingerprint density at radius 2 is 2.08 bits per heavy atom. The maximum absolute atomic E-state index is 12.4. The first-order valence-electron chi connectivity index (χ1n) is 7.85. The van der Waals surface area contributed by atoms with Gasteiger partial charge in [0.15, 0.2) is 0 Å². The first-order chi connectivity index (χ1) is 11.5. The number of carbonyl (C=O) groups excluding carboxylic acids is 1. The third-order valence-electron chi connectivity index (χ3n) is 4.26. The molecule has 4 nitrogen and oxygen atoms in total. The van der Waals surface area contributed by atoms with Crippen LogP contribution in [0.25, 0.3) is 0 Å². The highest BCUT2D eigenvalue weighted by Crippen LogP contribution is 2.37. The standard InChI is InChI=1S/C18H18BrN3OS/c1-11(2)22-8-7-14-15(9-20)18(24-16(14)10-22)21-17(23)12-3-5-13(19)6-4-12/h3-6,11H,7-8,10H2,1-2H3,(H,21,23). The van der Waals surface area contributed by atoms with E-state index in [-0.39, 0.29) is 5.91 Å². The summed E-state index contributed by atoms with van der Waals surface area (Å²) in [5.41, 5.74) is 2.31. The van der Waals surface area contributed by atoms with Crippen LogP contribution in [0.15, 0.2) is 28.7 Å². The lowest BCUT2D eigenvalue weighted by atomic mass is 10.0. The third kappa shape index (κ3) is 3.39. The number of rotatable bonds is 3. The van der Waals surface area contributed by atoms with Crippen LogP contribution in [0.3, 0.4) is 0 Å². The van der Waals surface area contributed by atoms with Crippen molar-refractivity contribution in [2.24, 2.45) is 0 Å². The van der Waals surface area contributed by atoms with Crippen LogP contribution in [0.4, 0.5) is 5.00 Å². The van der Waals surface area contributed by atoms with Gasteiger partial charge < -0.3 is 5.32 Å². The van der Waals surface area contributed by atoms with Crippen LogP contribution in [-0.2, 0) is 13.0 Å². The lowest BCUT2D eigenvalue weighted by Crippen LogP contribution is -2.35. The van der Waals surface area contributed by atoms with Gasteiger partial charge in [-0.3, -0.25) is 9.69 Å². The van der Waals surface area contributed by atoms with E-state index in [1.54, 1.807) is 12.1 Å². The number of amides is 1. The van der Waals surface area contributed by atoms with Gasteiger partial charge in [0.25, 0.3) is 5.91 Å². The summed E-state index contributed by atoms with van der Waals surface area (Å²) >= 11 is 4.89. The van der Waals surface area contributed by atoms with Crippen molar-refractivity contribution in [2.45, 2.75) is 32.9 Å². The van der Waals surface area contributed by atoms with E-state index < -0.39 is 0 Å². The van der Waals surface area contributed by atoms with E-state index in [4.69, 9.17) is 0 Å². The molecule has 0 bridgehead atoms. The minimum absolute atomic E-state index is 0.182. The summed E-state index contributed by atoms with van der Waals surface area (Å²) in [5.74, 6) is -0.182. The van der Waals surface area contributed by atoms with Gasteiger partial charge in [0.2, 0.25) is 0 Å². The number of carbonyl (C=O) groups is 1. The molecular weight excluding hydrogens is 386 g/mol. The van der Waals surface area contributed by atoms with Gasteiger partial charge in [0.1, 0.15) is 11.1 Å².